The minimum absolute atomic E-state index is 0.0219. The van der Waals surface area contributed by atoms with Gasteiger partial charge in [-0.3, -0.25) is 4.79 Å². The van der Waals surface area contributed by atoms with Gasteiger partial charge in [0.25, 0.3) is 0 Å². The number of esters is 1. The van der Waals surface area contributed by atoms with Crippen molar-refractivity contribution in [1.29, 1.82) is 0 Å². The first kappa shape index (κ1) is 17.3. The lowest BCUT2D eigenvalue weighted by molar-refractivity contribution is -0.116. The summed E-state index contributed by atoms with van der Waals surface area (Å²) in [6.45, 7) is 4.48. The van der Waals surface area contributed by atoms with Crippen LogP contribution < -0.4 is 10.1 Å². The van der Waals surface area contributed by atoms with E-state index in [4.69, 9.17) is 9.47 Å². The molecule has 0 unspecified atom stereocenters. The molecule has 6 heteroatoms. The molecule has 1 aromatic heterocycles. The van der Waals surface area contributed by atoms with Gasteiger partial charge in [0, 0.05) is 22.2 Å². The lowest BCUT2D eigenvalue weighted by Gasteiger charge is -2.07. The number of ether oxygens (including phenoxy) is 2. The molecule has 0 aliphatic heterocycles. The van der Waals surface area contributed by atoms with E-state index >= 15 is 0 Å². The third-order valence-electron chi connectivity index (χ3n) is 3.22. The van der Waals surface area contributed by atoms with Crippen LogP contribution in [-0.4, -0.2) is 25.6 Å². The SMILES string of the molecule is CCCOc1c(C(=O)OC)sc2ccc(NC(=O)CCC)cc12. The fourth-order valence-corrected chi connectivity index (χ4v) is 3.22. The predicted molar refractivity (Wildman–Crippen MR) is 92.5 cm³/mol. The number of hydrogen-bond acceptors (Lipinski definition) is 5. The Hall–Kier alpha value is -2.08. The molecule has 0 aliphatic rings. The van der Waals surface area contributed by atoms with Gasteiger partial charge in [-0.05, 0) is 31.0 Å². The number of fused-ring (bicyclic) bond motifs is 1. The van der Waals surface area contributed by atoms with Gasteiger partial charge in [0.2, 0.25) is 5.91 Å². The van der Waals surface area contributed by atoms with E-state index in [2.05, 4.69) is 5.32 Å². The number of rotatable bonds is 7. The summed E-state index contributed by atoms with van der Waals surface area (Å²) in [6, 6.07) is 5.56. The second kappa shape index (κ2) is 7.97. The van der Waals surface area contributed by atoms with Crippen LogP contribution in [0.1, 0.15) is 42.8 Å². The molecule has 0 aliphatic carbocycles. The Morgan fingerprint density at radius 1 is 1.22 bits per heavy atom. The number of anilines is 1. The minimum atomic E-state index is -0.408. The summed E-state index contributed by atoms with van der Waals surface area (Å²) in [6.07, 6.45) is 2.11. The van der Waals surface area contributed by atoms with Crippen molar-refractivity contribution >= 4 is 39.0 Å². The van der Waals surface area contributed by atoms with Crippen LogP contribution in [0.4, 0.5) is 5.69 Å². The summed E-state index contributed by atoms with van der Waals surface area (Å²) in [7, 11) is 1.35. The Labute approximate surface area is 139 Å². The summed E-state index contributed by atoms with van der Waals surface area (Å²) >= 11 is 1.33. The van der Waals surface area contributed by atoms with E-state index in [1.807, 2.05) is 32.0 Å². The van der Waals surface area contributed by atoms with Crippen LogP contribution in [0.5, 0.6) is 5.75 Å². The van der Waals surface area contributed by atoms with Crippen LogP contribution in [0.25, 0.3) is 10.1 Å². The molecule has 1 amide bonds. The van der Waals surface area contributed by atoms with E-state index in [0.29, 0.717) is 29.3 Å². The maximum atomic E-state index is 12.0. The van der Waals surface area contributed by atoms with E-state index in [1.54, 1.807) is 0 Å². The number of methoxy groups -OCH3 is 1. The molecule has 124 valence electrons. The van der Waals surface area contributed by atoms with Crippen molar-refractivity contribution in [3.8, 4) is 5.75 Å². The third-order valence-corrected chi connectivity index (χ3v) is 4.36. The monoisotopic (exact) mass is 335 g/mol. The molecular weight excluding hydrogens is 314 g/mol. The van der Waals surface area contributed by atoms with E-state index in [-0.39, 0.29) is 5.91 Å². The summed E-state index contributed by atoms with van der Waals surface area (Å²) < 4.78 is 11.5. The second-order valence-electron chi connectivity index (χ2n) is 5.11. The van der Waals surface area contributed by atoms with Crippen molar-refractivity contribution in [2.75, 3.05) is 19.0 Å². The fourth-order valence-electron chi connectivity index (χ4n) is 2.18. The molecular formula is C17H21NO4S. The zero-order valence-electron chi connectivity index (χ0n) is 13.6. The third kappa shape index (κ3) is 4.01. The molecule has 0 spiro atoms. The van der Waals surface area contributed by atoms with Gasteiger partial charge in [-0.25, -0.2) is 4.79 Å². The molecule has 0 saturated carbocycles. The molecule has 5 nitrogen and oxygen atoms in total. The first-order chi connectivity index (χ1) is 11.1. The van der Waals surface area contributed by atoms with Crippen LogP contribution >= 0.6 is 11.3 Å². The number of amides is 1. The highest BCUT2D eigenvalue weighted by molar-refractivity contribution is 7.21. The Kier molecular flexibility index (Phi) is 5.98. The van der Waals surface area contributed by atoms with Gasteiger partial charge >= 0.3 is 5.97 Å². The van der Waals surface area contributed by atoms with E-state index in [1.165, 1.54) is 18.4 Å². The highest BCUT2D eigenvalue weighted by Crippen LogP contribution is 2.39. The predicted octanol–water partition coefficient (Wildman–Crippen LogP) is 4.22. The van der Waals surface area contributed by atoms with E-state index in [9.17, 15) is 9.59 Å². The number of benzene rings is 1. The van der Waals surface area contributed by atoms with Crippen LogP contribution in [0.2, 0.25) is 0 Å². The molecule has 0 radical (unpaired) electrons. The summed E-state index contributed by atoms with van der Waals surface area (Å²) in [4.78, 5) is 24.2. The number of carbonyl (C=O) groups excluding carboxylic acids is 2. The quantitative estimate of drug-likeness (QED) is 0.770. The second-order valence-corrected chi connectivity index (χ2v) is 6.16. The normalized spacial score (nSPS) is 10.6. The van der Waals surface area contributed by atoms with E-state index < -0.39 is 5.97 Å². The zero-order valence-corrected chi connectivity index (χ0v) is 14.4. The summed E-state index contributed by atoms with van der Waals surface area (Å²) in [5.41, 5.74) is 0.700. The van der Waals surface area contributed by atoms with Crippen molar-refractivity contribution in [2.45, 2.75) is 33.1 Å². The Morgan fingerprint density at radius 3 is 2.65 bits per heavy atom. The molecule has 2 aromatic rings. The molecule has 1 N–H and O–H groups in total. The fraction of sp³-hybridized carbons (Fsp3) is 0.412. The largest absolute Gasteiger partial charge is 0.491 e. The van der Waals surface area contributed by atoms with E-state index in [0.717, 1.165) is 22.9 Å². The molecule has 1 aromatic carbocycles. The Bertz CT molecular complexity index is 708. The van der Waals surface area contributed by atoms with Crippen LogP contribution in [0, 0.1) is 0 Å². The van der Waals surface area contributed by atoms with Crippen molar-refractivity contribution < 1.29 is 19.1 Å². The highest BCUT2D eigenvalue weighted by atomic mass is 32.1. The van der Waals surface area contributed by atoms with Crippen LogP contribution in [-0.2, 0) is 9.53 Å². The first-order valence-corrected chi connectivity index (χ1v) is 8.49. The average Bonchev–Trinajstić information content (AvgIpc) is 2.90. The number of hydrogen-bond donors (Lipinski definition) is 1. The minimum Gasteiger partial charge on any atom is -0.491 e. The average molecular weight is 335 g/mol. The van der Waals surface area contributed by atoms with Gasteiger partial charge in [0.05, 0.1) is 13.7 Å². The lowest BCUT2D eigenvalue weighted by atomic mass is 10.2. The van der Waals surface area contributed by atoms with Gasteiger partial charge in [-0.15, -0.1) is 11.3 Å². The van der Waals surface area contributed by atoms with Gasteiger partial charge in [-0.2, -0.15) is 0 Å². The number of carbonyl (C=O) groups is 2. The highest BCUT2D eigenvalue weighted by Gasteiger charge is 2.21. The van der Waals surface area contributed by atoms with Gasteiger partial charge in [0.1, 0.15) is 0 Å². The standard InChI is InChI=1S/C17H21NO4S/c1-4-6-14(19)18-11-7-8-13-12(10-11)15(22-9-5-2)16(23-13)17(20)21-3/h7-8,10H,4-6,9H2,1-3H3,(H,18,19). The van der Waals surface area contributed by atoms with Crippen LogP contribution in [0.15, 0.2) is 18.2 Å². The molecule has 1 heterocycles. The molecule has 2 rings (SSSR count). The molecule has 0 fully saturated rings. The van der Waals surface area contributed by atoms with Crippen molar-refractivity contribution in [2.24, 2.45) is 0 Å². The van der Waals surface area contributed by atoms with Crippen molar-refractivity contribution in [3.63, 3.8) is 0 Å². The number of nitrogens with one attached hydrogen (secondary N) is 1. The molecule has 0 saturated heterocycles. The summed E-state index contributed by atoms with van der Waals surface area (Å²) in [5, 5.41) is 3.68. The Balaban J connectivity index is 2.42. The molecule has 0 atom stereocenters. The van der Waals surface area contributed by atoms with Crippen LogP contribution in [0.3, 0.4) is 0 Å². The Morgan fingerprint density at radius 2 is 2.00 bits per heavy atom. The topological polar surface area (TPSA) is 64.6 Å². The van der Waals surface area contributed by atoms with Gasteiger partial charge < -0.3 is 14.8 Å². The zero-order chi connectivity index (χ0) is 16.8. The van der Waals surface area contributed by atoms with Crippen molar-refractivity contribution in [1.82, 2.24) is 0 Å². The van der Waals surface area contributed by atoms with Gasteiger partial charge in [-0.1, -0.05) is 13.8 Å². The molecule has 0 bridgehead atoms. The maximum absolute atomic E-state index is 12.0. The first-order valence-electron chi connectivity index (χ1n) is 7.68. The smallest absolute Gasteiger partial charge is 0.351 e. The van der Waals surface area contributed by atoms with Crippen molar-refractivity contribution in [3.05, 3.63) is 23.1 Å². The maximum Gasteiger partial charge on any atom is 0.351 e. The number of thiophene rings is 1. The van der Waals surface area contributed by atoms with Gasteiger partial charge in [0.15, 0.2) is 10.6 Å². The molecule has 23 heavy (non-hydrogen) atoms. The summed E-state index contributed by atoms with van der Waals surface area (Å²) in [5.74, 6) is 0.102. The lowest BCUT2D eigenvalue weighted by Crippen LogP contribution is -2.10.